The third kappa shape index (κ3) is 3.49. The van der Waals surface area contributed by atoms with Gasteiger partial charge in [-0.2, -0.15) is 0 Å². The highest BCUT2D eigenvalue weighted by Gasteiger charge is 2.72. The molecular formula is C21H30O6. The second kappa shape index (κ2) is 7.01. The predicted molar refractivity (Wildman–Crippen MR) is 98.1 cm³/mol. The number of hydrogen-bond acceptors (Lipinski definition) is 6. The van der Waals surface area contributed by atoms with Crippen molar-refractivity contribution < 1.29 is 28.5 Å². The lowest BCUT2D eigenvalue weighted by atomic mass is 9.68. The van der Waals surface area contributed by atoms with Gasteiger partial charge >= 0.3 is 0 Å². The van der Waals surface area contributed by atoms with Crippen LogP contribution >= 0.6 is 0 Å². The Balaban J connectivity index is 1.51. The van der Waals surface area contributed by atoms with E-state index in [0.717, 1.165) is 25.9 Å². The van der Waals surface area contributed by atoms with Crippen LogP contribution in [-0.2, 0) is 18.9 Å². The summed E-state index contributed by atoms with van der Waals surface area (Å²) in [7, 11) is 1.70. The molecule has 1 aromatic heterocycles. The summed E-state index contributed by atoms with van der Waals surface area (Å²) in [5.41, 5.74) is 1.42. The van der Waals surface area contributed by atoms with Gasteiger partial charge in [-0.3, -0.25) is 0 Å². The summed E-state index contributed by atoms with van der Waals surface area (Å²) in [4.78, 5) is 0. The van der Waals surface area contributed by atoms with Gasteiger partial charge in [-0.15, -0.1) is 0 Å². The SMILES string of the molecule is COC1C(OC(O)c2ccoc2)CCC2(CO2)C1C1(C)OC1CC=C(C)C. The van der Waals surface area contributed by atoms with Gasteiger partial charge in [-0.1, -0.05) is 11.6 Å². The number of epoxide rings is 2. The van der Waals surface area contributed by atoms with Gasteiger partial charge in [0.2, 0.25) is 0 Å². The van der Waals surface area contributed by atoms with Crippen molar-refractivity contribution in [1.29, 1.82) is 0 Å². The van der Waals surface area contributed by atoms with Crippen LogP contribution in [0.1, 0.15) is 51.9 Å². The molecular weight excluding hydrogens is 348 g/mol. The zero-order valence-corrected chi connectivity index (χ0v) is 16.5. The zero-order valence-electron chi connectivity index (χ0n) is 16.5. The normalized spacial score (nSPS) is 41.4. The summed E-state index contributed by atoms with van der Waals surface area (Å²) >= 11 is 0. The van der Waals surface area contributed by atoms with Crippen molar-refractivity contribution in [3.8, 4) is 0 Å². The van der Waals surface area contributed by atoms with Gasteiger partial charge in [0, 0.05) is 12.7 Å². The maximum Gasteiger partial charge on any atom is 0.184 e. The molecule has 1 aromatic rings. The van der Waals surface area contributed by atoms with Crippen molar-refractivity contribution in [3.63, 3.8) is 0 Å². The van der Waals surface area contributed by atoms with Gasteiger partial charge in [0.1, 0.15) is 5.60 Å². The van der Waals surface area contributed by atoms with Crippen LogP contribution in [0.4, 0.5) is 0 Å². The number of methoxy groups -OCH3 is 1. The third-order valence-corrected chi connectivity index (χ3v) is 6.37. The Bertz CT molecular complexity index is 675. The van der Waals surface area contributed by atoms with E-state index in [-0.39, 0.29) is 35.4 Å². The van der Waals surface area contributed by atoms with E-state index in [1.807, 2.05) is 0 Å². The molecule has 27 heavy (non-hydrogen) atoms. The maximum absolute atomic E-state index is 10.4. The zero-order chi connectivity index (χ0) is 19.2. The first kappa shape index (κ1) is 19.2. The van der Waals surface area contributed by atoms with E-state index in [1.54, 1.807) is 13.2 Å². The highest BCUT2D eigenvalue weighted by Crippen LogP contribution is 2.59. The topological polar surface area (TPSA) is 76.9 Å². The van der Waals surface area contributed by atoms with Crippen LogP contribution in [0, 0.1) is 5.92 Å². The van der Waals surface area contributed by atoms with E-state index < -0.39 is 6.29 Å². The first-order chi connectivity index (χ1) is 12.9. The van der Waals surface area contributed by atoms with Crippen LogP contribution in [0.5, 0.6) is 0 Å². The van der Waals surface area contributed by atoms with E-state index in [9.17, 15) is 5.11 Å². The Morgan fingerprint density at radius 3 is 2.81 bits per heavy atom. The molecule has 7 unspecified atom stereocenters. The largest absolute Gasteiger partial charge is 0.472 e. The minimum Gasteiger partial charge on any atom is -0.472 e. The Morgan fingerprint density at radius 1 is 1.44 bits per heavy atom. The second-order valence-electron chi connectivity index (χ2n) is 8.46. The highest BCUT2D eigenvalue weighted by molar-refractivity contribution is 5.21. The average Bonchev–Trinajstić information content (AvgIpc) is 3.46. The van der Waals surface area contributed by atoms with E-state index in [2.05, 4.69) is 26.8 Å². The molecule has 7 atom stereocenters. The van der Waals surface area contributed by atoms with Crippen molar-refractivity contribution >= 4 is 0 Å². The quantitative estimate of drug-likeness (QED) is 0.445. The Hall–Kier alpha value is -1.18. The molecule has 1 saturated carbocycles. The summed E-state index contributed by atoms with van der Waals surface area (Å²) in [6.07, 6.45) is 6.49. The number of aliphatic hydroxyl groups is 1. The summed E-state index contributed by atoms with van der Waals surface area (Å²) < 4.78 is 29.1. The number of ether oxygens (including phenoxy) is 4. The fourth-order valence-corrected chi connectivity index (χ4v) is 4.75. The fourth-order valence-electron chi connectivity index (χ4n) is 4.75. The second-order valence-corrected chi connectivity index (χ2v) is 8.46. The van der Waals surface area contributed by atoms with Crippen molar-refractivity contribution in [3.05, 3.63) is 35.8 Å². The van der Waals surface area contributed by atoms with Crippen molar-refractivity contribution in [2.24, 2.45) is 5.92 Å². The first-order valence-corrected chi connectivity index (χ1v) is 9.73. The molecule has 2 saturated heterocycles. The molecule has 3 aliphatic rings. The molecule has 0 bridgehead atoms. The van der Waals surface area contributed by atoms with Gasteiger partial charge in [-0.05, 0) is 46.1 Å². The lowest BCUT2D eigenvalue weighted by molar-refractivity contribution is -0.208. The summed E-state index contributed by atoms with van der Waals surface area (Å²) in [6, 6.07) is 1.71. The summed E-state index contributed by atoms with van der Waals surface area (Å²) in [6.45, 7) is 7.10. The lowest BCUT2D eigenvalue weighted by Crippen LogP contribution is -2.55. The van der Waals surface area contributed by atoms with Crippen LogP contribution in [-0.4, -0.2) is 48.3 Å². The Labute approximate surface area is 160 Å². The molecule has 0 radical (unpaired) electrons. The average molecular weight is 378 g/mol. The third-order valence-electron chi connectivity index (χ3n) is 6.37. The van der Waals surface area contributed by atoms with Crippen molar-refractivity contribution in [2.75, 3.05) is 13.7 Å². The molecule has 150 valence electrons. The molecule has 4 rings (SSSR count). The summed E-state index contributed by atoms with van der Waals surface area (Å²) in [5, 5.41) is 10.4. The number of rotatable bonds is 7. The Morgan fingerprint density at radius 2 is 2.22 bits per heavy atom. The molecule has 1 N–H and O–H groups in total. The number of aliphatic hydroxyl groups excluding tert-OH is 1. The number of furan rings is 1. The molecule has 3 fully saturated rings. The molecule has 2 aliphatic heterocycles. The smallest absolute Gasteiger partial charge is 0.184 e. The maximum atomic E-state index is 10.4. The standard InChI is InChI=1S/C21H30O6/c1-13(2)5-6-16-20(3,27-16)18-17(23-4)15(7-9-21(18)12-25-21)26-19(22)14-8-10-24-11-14/h5,8,10-11,15-19,22H,6-7,9,12H2,1-4H3. The fraction of sp³-hybridized carbons (Fsp3) is 0.714. The van der Waals surface area contributed by atoms with E-state index in [4.69, 9.17) is 23.4 Å². The van der Waals surface area contributed by atoms with Crippen LogP contribution in [0.2, 0.25) is 0 Å². The number of allylic oxidation sites excluding steroid dienone is 1. The van der Waals surface area contributed by atoms with E-state index >= 15 is 0 Å². The van der Waals surface area contributed by atoms with Crippen molar-refractivity contribution in [2.45, 2.75) is 75.8 Å². The highest BCUT2D eigenvalue weighted by atomic mass is 16.6. The Kier molecular flexibility index (Phi) is 4.97. The molecule has 0 aromatic carbocycles. The molecule has 3 heterocycles. The van der Waals surface area contributed by atoms with E-state index in [0.29, 0.717) is 5.56 Å². The number of hydrogen-bond donors (Lipinski definition) is 1. The molecule has 6 heteroatoms. The van der Waals surface area contributed by atoms with Gasteiger partial charge < -0.3 is 28.5 Å². The predicted octanol–water partition coefficient (Wildman–Crippen LogP) is 3.36. The lowest BCUT2D eigenvalue weighted by Gasteiger charge is -2.43. The first-order valence-electron chi connectivity index (χ1n) is 9.73. The van der Waals surface area contributed by atoms with Crippen LogP contribution in [0.15, 0.2) is 34.7 Å². The van der Waals surface area contributed by atoms with E-state index in [1.165, 1.54) is 18.1 Å². The molecule has 6 nitrogen and oxygen atoms in total. The molecule has 1 aliphatic carbocycles. The summed E-state index contributed by atoms with van der Waals surface area (Å²) in [5.74, 6) is 0.0702. The van der Waals surface area contributed by atoms with Crippen LogP contribution < -0.4 is 0 Å². The van der Waals surface area contributed by atoms with Gasteiger partial charge in [0.25, 0.3) is 0 Å². The molecule has 0 amide bonds. The molecule has 1 spiro atoms. The van der Waals surface area contributed by atoms with Gasteiger partial charge in [-0.25, -0.2) is 0 Å². The van der Waals surface area contributed by atoms with Crippen LogP contribution in [0.25, 0.3) is 0 Å². The van der Waals surface area contributed by atoms with Crippen molar-refractivity contribution in [1.82, 2.24) is 0 Å². The van der Waals surface area contributed by atoms with Crippen LogP contribution in [0.3, 0.4) is 0 Å². The minimum atomic E-state index is -1.03. The van der Waals surface area contributed by atoms with Gasteiger partial charge in [0.15, 0.2) is 6.29 Å². The monoisotopic (exact) mass is 378 g/mol. The van der Waals surface area contributed by atoms with Gasteiger partial charge in [0.05, 0.1) is 49.0 Å². The minimum absolute atomic E-state index is 0.0702.